The number of amides is 1. The average molecular weight is 316 g/mol. The van der Waals surface area contributed by atoms with Gasteiger partial charge < -0.3 is 9.47 Å². The molecule has 0 aliphatic heterocycles. The Morgan fingerprint density at radius 3 is 2.73 bits per heavy atom. The molecule has 3 rings (SSSR count). The second-order valence-corrected chi connectivity index (χ2v) is 6.68. The fourth-order valence-corrected chi connectivity index (χ4v) is 3.29. The lowest BCUT2D eigenvalue weighted by molar-refractivity contribution is -0.116. The number of carbonyl (C=O) groups is 1. The molecule has 0 unspecified atom stereocenters. The summed E-state index contributed by atoms with van der Waals surface area (Å²) in [6.45, 7) is 4.06. The first-order valence-electron chi connectivity index (χ1n) is 7.56. The van der Waals surface area contributed by atoms with Crippen molar-refractivity contribution in [3.05, 3.63) is 36.7 Å². The van der Waals surface area contributed by atoms with Crippen LogP contribution in [0.5, 0.6) is 0 Å². The van der Waals surface area contributed by atoms with Crippen LogP contribution in [0.25, 0.3) is 0 Å². The van der Waals surface area contributed by atoms with Crippen molar-refractivity contribution in [1.29, 1.82) is 0 Å². The van der Waals surface area contributed by atoms with Gasteiger partial charge in [-0.1, -0.05) is 30.0 Å². The number of carbonyl (C=O) groups excluding carboxylic acids is 1. The van der Waals surface area contributed by atoms with Crippen LogP contribution in [0.15, 0.2) is 41.8 Å². The van der Waals surface area contributed by atoms with E-state index in [2.05, 4.69) is 14.8 Å². The van der Waals surface area contributed by atoms with E-state index in [1.165, 1.54) is 24.6 Å². The Morgan fingerprint density at radius 1 is 1.36 bits per heavy atom. The molecule has 22 heavy (non-hydrogen) atoms. The summed E-state index contributed by atoms with van der Waals surface area (Å²) in [5.41, 5.74) is 0.937. The van der Waals surface area contributed by atoms with Crippen LogP contribution >= 0.6 is 11.8 Å². The SMILES string of the molecule is CC(C)N(C(=O)CSc1nncn1C1CC1)c1ccccc1. The molecule has 0 bridgehead atoms. The molecule has 0 N–H and O–H groups in total. The highest BCUT2D eigenvalue weighted by atomic mass is 32.2. The van der Waals surface area contributed by atoms with Gasteiger partial charge in [-0.25, -0.2) is 0 Å². The van der Waals surface area contributed by atoms with E-state index in [9.17, 15) is 4.79 Å². The van der Waals surface area contributed by atoms with E-state index in [0.717, 1.165) is 10.8 Å². The predicted octanol–water partition coefficient (Wildman–Crippen LogP) is 3.15. The van der Waals surface area contributed by atoms with E-state index in [-0.39, 0.29) is 11.9 Å². The number of hydrogen-bond acceptors (Lipinski definition) is 4. The number of para-hydroxylation sites is 1. The number of anilines is 1. The molecule has 2 aromatic rings. The zero-order valence-electron chi connectivity index (χ0n) is 12.8. The Bertz CT molecular complexity index is 637. The van der Waals surface area contributed by atoms with Crippen LogP contribution in [0, 0.1) is 0 Å². The van der Waals surface area contributed by atoms with Gasteiger partial charge in [-0.3, -0.25) is 4.79 Å². The molecule has 1 aliphatic rings. The molecule has 1 amide bonds. The third-order valence-corrected chi connectivity index (χ3v) is 4.57. The van der Waals surface area contributed by atoms with Gasteiger partial charge in [0.05, 0.1) is 5.75 Å². The fraction of sp³-hybridized carbons (Fsp3) is 0.438. The summed E-state index contributed by atoms with van der Waals surface area (Å²) in [4.78, 5) is 14.5. The Balaban J connectivity index is 1.68. The summed E-state index contributed by atoms with van der Waals surface area (Å²) in [5, 5.41) is 8.94. The highest BCUT2D eigenvalue weighted by Crippen LogP contribution is 2.37. The first-order chi connectivity index (χ1) is 10.7. The van der Waals surface area contributed by atoms with E-state index in [1.54, 1.807) is 6.33 Å². The van der Waals surface area contributed by atoms with Crippen molar-refractivity contribution in [2.45, 2.75) is 43.9 Å². The van der Waals surface area contributed by atoms with Gasteiger partial charge in [0.1, 0.15) is 6.33 Å². The Morgan fingerprint density at radius 2 is 2.09 bits per heavy atom. The second kappa shape index (κ2) is 6.52. The van der Waals surface area contributed by atoms with Gasteiger partial charge >= 0.3 is 0 Å². The first kappa shape index (κ1) is 15.1. The van der Waals surface area contributed by atoms with Gasteiger partial charge in [0, 0.05) is 17.8 Å². The summed E-state index contributed by atoms with van der Waals surface area (Å²) in [6, 6.07) is 10.5. The molecular weight excluding hydrogens is 296 g/mol. The van der Waals surface area contributed by atoms with Crippen molar-refractivity contribution < 1.29 is 4.79 Å². The van der Waals surface area contributed by atoms with Gasteiger partial charge in [0.25, 0.3) is 0 Å². The van der Waals surface area contributed by atoms with Crippen molar-refractivity contribution >= 4 is 23.4 Å². The maximum absolute atomic E-state index is 12.6. The Kier molecular flexibility index (Phi) is 4.47. The van der Waals surface area contributed by atoms with Crippen LogP contribution in [0.2, 0.25) is 0 Å². The largest absolute Gasteiger partial charge is 0.309 e. The minimum absolute atomic E-state index is 0.0940. The zero-order chi connectivity index (χ0) is 15.5. The maximum atomic E-state index is 12.6. The minimum Gasteiger partial charge on any atom is -0.309 e. The lowest BCUT2D eigenvalue weighted by Gasteiger charge is -2.26. The van der Waals surface area contributed by atoms with Crippen LogP contribution < -0.4 is 4.90 Å². The molecule has 1 aromatic carbocycles. The number of thioether (sulfide) groups is 1. The highest BCUT2D eigenvalue weighted by molar-refractivity contribution is 7.99. The maximum Gasteiger partial charge on any atom is 0.237 e. The molecule has 5 nitrogen and oxygen atoms in total. The van der Waals surface area contributed by atoms with E-state index < -0.39 is 0 Å². The van der Waals surface area contributed by atoms with Gasteiger partial charge in [0.2, 0.25) is 5.91 Å². The zero-order valence-corrected chi connectivity index (χ0v) is 13.7. The van der Waals surface area contributed by atoms with Crippen LogP contribution in [0.1, 0.15) is 32.7 Å². The van der Waals surface area contributed by atoms with Crippen molar-refractivity contribution in [2.75, 3.05) is 10.7 Å². The summed E-state index contributed by atoms with van der Waals surface area (Å²) < 4.78 is 2.08. The van der Waals surface area contributed by atoms with Crippen LogP contribution in [-0.2, 0) is 4.79 Å². The molecule has 0 atom stereocenters. The molecule has 1 aliphatic carbocycles. The van der Waals surface area contributed by atoms with Gasteiger partial charge in [-0.05, 0) is 38.8 Å². The molecule has 1 aromatic heterocycles. The average Bonchev–Trinajstić information content (AvgIpc) is 3.24. The van der Waals surface area contributed by atoms with Crippen LogP contribution in [0.3, 0.4) is 0 Å². The molecule has 6 heteroatoms. The normalized spacial score (nSPS) is 14.3. The molecule has 0 radical (unpaired) electrons. The van der Waals surface area contributed by atoms with Crippen molar-refractivity contribution in [3.8, 4) is 0 Å². The van der Waals surface area contributed by atoms with E-state index >= 15 is 0 Å². The Hall–Kier alpha value is -1.82. The van der Waals surface area contributed by atoms with Crippen molar-refractivity contribution in [2.24, 2.45) is 0 Å². The molecule has 0 spiro atoms. The smallest absolute Gasteiger partial charge is 0.237 e. The predicted molar refractivity (Wildman–Crippen MR) is 88.1 cm³/mol. The minimum atomic E-state index is 0.0940. The fourth-order valence-electron chi connectivity index (χ4n) is 2.45. The lowest BCUT2D eigenvalue weighted by atomic mass is 10.2. The molecule has 0 saturated heterocycles. The topological polar surface area (TPSA) is 51.0 Å². The second-order valence-electron chi connectivity index (χ2n) is 5.73. The molecule has 1 saturated carbocycles. The summed E-state index contributed by atoms with van der Waals surface area (Å²) >= 11 is 1.47. The number of rotatable bonds is 6. The van der Waals surface area contributed by atoms with E-state index in [4.69, 9.17) is 0 Å². The highest BCUT2D eigenvalue weighted by Gasteiger charge is 2.27. The van der Waals surface area contributed by atoms with Crippen molar-refractivity contribution in [3.63, 3.8) is 0 Å². The van der Waals surface area contributed by atoms with Gasteiger partial charge in [-0.15, -0.1) is 10.2 Å². The number of benzene rings is 1. The lowest BCUT2D eigenvalue weighted by Crippen LogP contribution is -2.38. The van der Waals surface area contributed by atoms with Crippen LogP contribution in [0.4, 0.5) is 5.69 Å². The summed E-state index contributed by atoms with van der Waals surface area (Å²) in [6.07, 6.45) is 4.13. The molecule has 1 heterocycles. The quantitative estimate of drug-likeness (QED) is 0.768. The third kappa shape index (κ3) is 3.32. The van der Waals surface area contributed by atoms with E-state index in [0.29, 0.717) is 11.8 Å². The summed E-state index contributed by atoms with van der Waals surface area (Å²) in [5.74, 6) is 0.468. The monoisotopic (exact) mass is 316 g/mol. The number of nitrogens with zero attached hydrogens (tertiary/aromatic N) is 4. The number of aromatic nitrogens is 3. The summed E-state index contributed by atoms with van der Waals surface area (Å²) in [7, 11) is 0. The van der Waals surface area contributed by atoms with Crippen molar-refractivity contribution in [1.82, 2.24) is 14.8 Å². The Labute approximate surface area is 134 Å². The van der Waals surface area contributed by atoms with Crippen LogP contribution in [-0.4, -0.2) is 32.5 Å². The van der Waals surface area contributed by atoms with Gasteiger partial charge in [-0.2, -0.15) is 0 Å². The van der Waals surface area contributed by atoms with Gasteiger partial charge in [0.15, 0.2) is 5.16 Å². The molecular formula is C16H20N4OS. The van der Waals surface area contributed by atoms with E-state index in [1.807, 2.05) is 49.1 Å². The third-order valence-electron chi connectivity index (χ3n) is 3.62. The first-order valence-corrected chi connectivity index (χ1v) is 8.55. The molecule has 116 valence electrons. The standard InChI is InChI=1S/C16H20N4OS/c1-12(2)20(14-6-4-3-5-7-14)15(21)10-22-16-18-17-11-19(16)13-8-9-13/h3-7,11-13H,8-10H2,1-2H3. The molecule has 1 fully saturated rings. The number of hydrogen-bond donors (Lipinski definition) is 0.